The molecular formula is C31H23N3. The zero-order chi connectivity index (χ0) is 22.6. The lowest BCUT2D eigenvalue weighted by Gasteiger charge is -2.12. The summed E-state index contributed by atoms with van der Waals surface area (Å²) >= 11 is 0. The van der Waals surface area contributed by atoms with E-state index < -0.39 is 0 Å². The average Bonchev–Trinajstić information content (AvgIpc) is 3.42. The second kappa shape index (κ2) is 7.34. The van der Waals surface area contributed by atoms with Crippen LogP contribution in [0.1, 0.15) is 5.56 Å². The molecule has 3 nitrogen and oxygen atoms in total. The van der Waals surface area contributed by atoms with Crippen molar-refractivity contribution < 1.29 is 0 Å². The summed E-state index contributed by atoms with van der Waals surface area (Å²) in [5.74, 6) is 0. The van der Waals surface area contributed by atoms with Gasteiger partial charge < -0.3 is 14.9 Å². The van der Waals surface area contributed by atoms with E-state index >= 15 is 0 Å². The first-order valence-corrected chi connectivity index (χ1v) is 11.7. The largest absolute Gasteiger partial charge is 0.326 e. The number of fused-ring (bicyclic) bond motifs is 7. The van der Waals surface area contributed by atoms with Gasteiger partial charge in [0.15, 0.2) is 0 Å². The molecular weight excluding hydrogens is 414 g/mol. The summed E-state index contributed by atoms with van der Waals surface area (Å²) < 4.78 is 4.82. The first-order chi connectivity index (χ1) is 16.8. The zero-order valence-electron chi connectivity index (χ0n) is 18.6. The van der Waals surface area contributed by atoms with E-state index in [0.29, 0.717) is 6.54 Å². The van der Waals surface area contributed by atoms with Crippen LogP contribution in [0.4, 0.5) is 0 Å². The summed E-state index contributed by atoms with van der Waals surface area (Å²) in [7, 11) is 0. The SMILES string of the molecule is NCc1ccc(-n2c3ccccc3c3ccc4c5ccccc5n(-c5ccccc5)c4c32)cc1. The van der Waals surface area contributed by atoms with Crippen molar-refractivity contribution in [2.45, 2.75) is 6.54 Å². The molecule has 0 radical (unpaired) electrons. The quantitative estimate of drug-likeness (QED) is 0.308. The van der Waals surface area contributed by atoms with E-state index in [0.717, 1.165) is 16.9 Å². The number of nitrogens with two attached hydrogens (primary N) is 1. The van der Waals surface area contributed by atoms with Gasteiger partial charge in [-0.25, -0.2) is 0 Å². The normalized spacial score (nSPS) is 11.8. The molecule has 0 bridgehead atoms. The molecule has 7 rings (SSSR count). The van der Waals surface area contributed by atoms with Crippen molar-refractivity contribution in [2.75, 3.05) is 0 Å². The minimum atomic E-state index is 0.542. The van der Waals surface area contributed by atoms with E-state index in [-0.39, 0.29) is 0 Å². The van der Waals surface area contributed by atoms with Crippen LogP contribution in [0.3, 0.4) is 0 Å². The van der Waals surface area contributed by atoms with Crippen LogP contribution in [-0.4, -0.2) is 9.13 Å². The Morgan fingerprint density at radius 1 is 0.441 bits per heavy atom. The number of aromatic nitrogens is 2. The number of nitrogens with zero attached hydrogens (tertiary/aromatic N) is 2. The van der Waals surface area contributed by atoms with E-state index in [2.05, 4.69) is 124 Å². The molecule has 34 heavy (non-hydrogen) atoms. The van der Waals surface area contributed by atoms with Crippen LogP contribution in [0.2, 0.25) is 0 Å². The number of rotatable bonds is 3. The molecule has 0 unspecified atom stereocenters. The van der Waals surface area contributed by atoms with Crippen molar-refractivity contribution in [1.29, 1.82) is 0 Å². The molecule has 2 aromatic heterocycles. The van der Waals surface area contributed by atoms with Gasteiger partial charge in [-0.15, -0.1) is 0 Å². The van der Waals surface area contributed by atoms with Gasteiger partial charge in [-0.3, -0.25) is 0 Å². The first-order valence-electron chi connectivity index (χ1n) is 11.7. The highest BCUT2D eigenvalue weighted by Gasteiger charge is 2.20. The molecule has 0 saturated carbocycles. The maximum absolute atomic E-state index is 5.89. The van der Waals surface area contributed by atoms with E-state index in [1.54, 1.807) is 0 Å². The Bertz CT molecular complexity index is 1820. The van der Waals surface area contributed by atoms with Gasteiger partial charge >= 0.3 is 0 Å². The molecule has 2 heterocycles. The second-order valence-corrected chi connectivity index (χ2v) is 8.77. The summed E-state index contributed by atoms with van der Waals surface area (Å²) in [4.78, 5) is 0. The molecule has 162 valence electrons. The Hall–Kier alpha value is -4.34. The third kappa shape index (κ3) is 2.62. The highest BCUT2D eigenvalue weighted by Crippen LogP contribution is 2.41. The average molecular weight is 438 g/mol. The number of benzene rings is 5. The fourth-order valence-electron chi connectivity index (χ4n) is 5.40. The minimum Gasteiger partial charge on any atom is -0.326 e. The molecule has 0 atom stereocenters. The smallest absolute Gasteiger partial charge is 0.0788 e. The third-order valence-corrected chi connectivity index (χ3v) is 6.91. The van der Waals surface area contributed by atoms with E-state index in [4.69, 9.17) is 5.73 Å². The van der Waals surface area contributed by atoms with Gasteiger partial charge in [0, 0.05) is 39.5 Å². The molecule has 0 spiro atoms. The van der Waals surface area contributed by atoms with Crippen LogP contribution in [-0.2, 0) is 6.54 Å². The van der Waals surface area contributed by atoms with Crippen molar-refractivity contribution in [3.05, 3.63) is 121 Å². The topological polar surface area (TPSA) is 35.9 Å². The number of hydrogen-bond acceptors (Lipinski definition) is 1. The fraction of sp³-hybridized carbons (Fsp3) is 0.0323. The Kier molecular flexibility index (Phi) is 4.14. The molecule has 5 aromatic carbocycles. The van der Waals surface area contributed by atoms with Gasteiger partial charge in [0.2, 0.25) is 0 Å². The maximum Gasteiger partial charge on any atom is 0.0788 e. The number of hydrogen-bond donors (Lipinski definition) is 1. The van der Waals surface area contributed by atoms with E-state index in [1.807, 2.05) is 0 Å². The van der Waals surface area contributed by atoms with Crippen LogP contribution >= 0.6 is 0 Å². The van der Waals surface area contributed by atoms with Crippen molar-refractivity contribution in [2.24, 2.45) is 5.73 Å². The summed E-state index contributed by atoms with van der Waals surface area (Å²) in [6, 6.07) is 41.2. The van der Waals surface area contributed by atoms with Crippen LogP contribution < -0.4 is 5.73 Å². The molecule has 0 aliphatic rings. The molecule has 3 heteroatoms. The van der Waals surface area contributed by atoms with Crippen molar-refractivity contribution >= 4 is 43.6 Å². The summed E-state index contributed by atoms with van der Waals surface area (Å²) in [6.45, 7) is 0.542. The lowest BCUT2D eigenvalue weighted by atomic mass is 10.1. The standard InChI is InChI=1S/C31H23N3/c32-20-21-14-16-23(17-15-21)34-29-13-7-5-11-25(29)27-19-18-26-24-10-4-6-12-28(24)33(30(26)31(27)34)22-8-2-1-3-9-22/h1-19H,20,32H2. The van der Waals surface area contributed by atoms with Gasteiger partial charge in [0.25, 0.3) is 0 Å². The van der Waals surface area contributed by atoms with Crippen molar-refractivity contribution in [3.63, 3.8) is 0 Å². The molecule has 0 saturated heterocycles. The zero-order valence-corrected chi connectivity index (χ0v) is 18.6. The van der Waals surface area contributed by atoms with Crippen molar-refractivity contribution in [1.82, 2.24) is 9.13 Å². The molecule has 0 aliphatic carbocycles. The Balaban J connectivity index is 1.75. The van der Waals surface area contributed by atoms with Gasteiger partial charge in [0.1, 0.15) is 0 Å². The molecule has 0 aliphatic heterocycles. The van der Waals surface area contributed by atoms with Gasteiger partial charge in [-0.05, 0) is 42.0 Å². The van der Waals surface area contributed by atoms with Crippen LogP contribution in [0.5, 0.6) is 0 Å². The Morgan fingerprint density at radius 3 is 1.44 bits per heavy atom. The highest BCUT2D eigenvalue weighted by atomic mass is 15.0. The Labute approximate surface area is 197 Å². The first kappa shape index (κ1) is 19.2. The van der Waals surface area contributed by atoms with Gasteiger partial charge in [0.05, 0.1) is 22.1 Å². The molecule has 2 N–H and O–H groups in total. The fourth-order valence-corrected chi connectivity index (χ4v) is 5.40. The summed E-state index contributed by atoms with van der Waals surface area (Å²) in [5, 5.41) is 5.03. The monoisotopic (exact) mass is 437 g/mol. The highest BCUT2D eigenvalue weighted by molar-refractivity contribution is 6.23. The predicted octanol–water partition coefficient (Wildman–Crippen LogP) is 7.34. The third-order valence-electron chi connectivity index (χ3n) is 6.91. The number of para-hydroxylation sites is 3. The molecule has 0 amide bonds. The lowest BCUT2D eigenvalue weighted by molar-refractivity contribution is 1.06. The van der Waals surface area contributed by atoms with Crippen molar-refractivity contribution in [3.8, 4) is 11.4 Å². The second-order valence-electron chi connectivity index (χ2n) is 8.77. The lowest BCUT2D eigenvalue weighted by Crippen LogP contribution is -2.00. The minimum absolute atomic E-state index is 0.542. The van der Waals surface area contributed by atoms with Gasteiger partial charge in [-0.1, -0.05) is 78.9 Å². The molecule has 7 aromatic rings. The summed E-state index contributed by atoms with van der Waals surface area (Å²) in [6.07, 6.45) is 0. The maximum atomic E-state index is 5.89. The molecule has 0 fully saturated rings. The Morgan fingerprint density at radius 2 is 0.912 bits per heavy atom. The predicted molar refractivity (Wildman–Crippen MR) is 143 cm³/mol. The van der Waals surface area contributed by atoms with E-state index in [9.17, 15) is 0 Å². The van der Waals surface area contributed by atoms with Gasteiger partial charge in [-0.2, -0.15) is 0 Å². The summed E-state index contributed by atoms with van der Waals surface area (Å²) in [5.41, 5.74) is 14.2. The van der Waals surface area contributed by atoms with Crippen LogP contribution in [0.15, 0.2) is 115 Å². The van der Waals surface area contributed by atoms with Crippen LogP contribution in [0.25, 0.3) is 55.0 Å². The van der Waals surface area contributed by atoms with E-state index in [1.165, 1.54) is 43.6 Å². The van der Waals surface area contributed by atoms with Crippen LogP contribution in [0, 0.1) is 0 Å².